The molecule has 0 radical (unpaired) electrons. The molecule has 2 rings (SSSR count). The van der Waals surface area contributed by atoms with Gasteiger partial charge in [0.05, 0.1) is 0 Å². The second-order valence-corrected chi connectivity index (χ2v) is 4.22. The van der Waals surface area contributed by atoms with Crippen LogP contribution < -0.4 is 5.73 Å². The SMILES string of the molecule is Cc1ccc(F)cc1C(=O)c1ccc(C(=O)O)c(N)n1. The van der Waals surface area contributed by atoms with E-state index in [2.05, 4.69) is 4.98 Å². The van der Waals surface area contributed by atoms with E-state index < -0.39 is 17.6 Å². The fraction of sp³-hybridized carbons (Fsp3) is 0.0714. The number of carboxylic acid groups (broad SMARTS) is 1. The lowest BCUT2D eigenvalue weighted by Crippen LogP contribution is -2.11. The Bertz CT molecular complexity index is 714. The Morgan fingerprint density at radius 1 is 1.20 bits per heavy atom. The molecule has 0 atom stereocenters. The standard InChI is InChI=1S/C14H11FN2O3/c1-7-2-3-8(15)6-10(7)12(18)11-5-4-9(14(19)20)13(16)17-11/h2-6H,1H3,(H2,16,17)(H,19,20). The van der Waals surface area contributed by atoms with Gasteiger partial charge in [-0.2, -0.15) is 0 Å². The van der Waals surface area contributed by atoms with E-state index >= 15 is 0 Å². The van der Waals surface area contributed by atoms with E-state index in [-0.39, 0.29) is 22.6 Å². The number of carboxylic acids is 1. The van der Waals surface area contributed by atoms with Crippen LogP contribution in [0.2, 0.25) is 0 Å². The van der Waals surface area contributed by atoms with Crippen molar-refractivity contribution in [2.24, 2.45) is 0 Å². The highest BCUT2D eigenvalue weighted by Crippen LogP contribution is 2.17. The van der Waals surface area contributed by atoms with E-state index in [1.54, 1.807) is 6.92 Å². The molecular weight excluding hydrogens is 263 g/mol. The Labute approximate surface area is 113 Å². The molecule has 3 N–H and O–H groups in total. The lowest BCUT2D eigenvalue weighted by Gasteiger charge is -2.06. The molecule has 0 aliphatic heterocycles. The first-order valence-corrected chi connectivity index (χ1v) is 5.71. The topological polar surface area (TPSA) is 93.3 Å². The molecule has 0 aliphatic rings. The zero-order valence-electron chi connectivity index (χ0n) is 10.6. The van der Waals surface area contributed by atoms with Gasteiger partial charge in [0, 0.05) is 5.56 Å². The number of rotatable bonds is 3. The van der Waals surface area contributed by atoms with Gasteiger partial charge in [-0.25, -0.2) is 14.2 Å². The number of nitrogen functional groups attached to an aromatic ring is 1. The van der Waals surface area contributed by atoms with Crippen molar-refractivity contribution >= 4 is 17.6 Å². The monoisotopic (exact) mass is 274 g/mol. The number of pyridine rings is 1. The number of nitrogens with zero attached hydrogens (tertiary/aromatic N) is 1. The molecule has 20 heavy (non-hydrogen) atoms. The van der Waals surface area contributed by atoms with E-state index in [9.17, 15) is 14.0 Å². The van der Waals surface area contributed by atoms with Crippen LogP contribution in [0.15, 0.2) is 30.3 Å². The van der Waals surface area contributed by atoms with Gasteiger partial charge in [0.25, 0.3) is 0 Å². The number of carbonyl (C=O) groups excluding carboxylic acids is 1. The van der Waals surface area contributed by atoms with Crippen molar-refractivity contribution in [2.45, 2.75) is 6.92 Å². The Hall–Kier alpha value is -2.76. The second kappa shape index (κ2) is 5.08. The maximum atomic E-state index is 13.2. The number of hydrogen-bond acceptors (Lipinski definition) is 4. The minimum atomic E-state index is -1.23. The Morgan fingerprint density at radius 2 is 1.90 bits per heavy atom. The fourth-order valence-electron chi connectivity index (χ4n) is 1.76. The average Bonchev–Trinajstić information content (AvgIpc) is 2.40. The highest BCUT2D eigenvalue weighted by atomic mass is 19.1. The zero-order chi connectivity index (χ0) is 14.9. The largest absolute Gasteiger partial charge is 0.478 e. The number of aromatic nitrogens is 1. The Kier molecular flexibility index (Phi) is 3.47. The Balaban J connectivity index is 2.46. The van der Waals surface area contributed by atoms with E-state index in [0.717, 1.165) is 6.07 Å². The number of hydrogen-bond donors (Lipinski definition) is 2. The van der Waals surface area contributed by atoms with Gasteiger partial charge in [-0.1, -0.05) is 6.07 Å². The van der Waals surface area contributed by atoms with E-state index in [1.807, 2.05) is 0 Å². The van der Waals surface area contributed by atoms with Crippen LogP contribution in [0.4, 0.5) is 10.2 Å². The van der Waals surface area contributed by atoms with Crippen LogP contribution in [-0.2, 0) is 0 Å². The van der Waals surface area contributed by atoms with E-state index in [0.29, 0.717) is 5.56 Å². The van der Waals surface area contributed by atoms with Gasteiger partial charge < -0.3 is 10.8 Å². The quantitative estimate of drug-likeness (QED) is 0.835. The maximum Gasteiger partial charge on any atom is 0.339 e. The normalized spacial score (nSPS) is 10.3. The van der Waals surface area contributed by atoms with Crippen LogP contribution in [0.5, 0.6) is 0 Å². The minimum Gasteiger partial charge on any atom is -0.478 e. The van der Waals surface area contributed by atoms with Crippen LogP contribution in [0, 0.1) is 12.7 Å². The summed E-state index contributed by atoms with van der Waals surface area (Å²) in [5, 5.41) is 8.84. The minimum absolute atomic E-state index is 0.0267. The van der Waals surface area contributed by atoms with Gasteiger partial charge in [-0.05, 0) is 36.8 Å². The number of carbonyl (C=O) groups is 2. The summed E-state index contributed by atoms with van der Waals surface area (Å²) in [5.74, 6) is -2.52. The van der Waals surface area contributed by atoms with Gasteiger partial charge in [-0.3, -0.25) is 4.79 Å². The summed E-state index contributed by atoms with van der Waals surface area (Å²) < 4.78 is 13.2. The first-order valence-electron chi connectivity index (χ1n) is 5.71. The zero-order valence-corrected chi connectivity index (χ0v) is 10.6. The van der Waals surface area contributed by atoms with Crippen LogP contribution in [0.1, 0.15) is 32.0 Å². The lowest BCUT2D eigenvalue weighted by molar-refractivity contribution is 0.0697. The summed E-state index contributed by atoms with van der Waals surface area (Å²) >= 11 is 0. The molecule has 2 aromatic rings. The lowest BCUT2D eigenvalue weighted by atomic mass is 10.0. The first-order chi connectivity index (χ1) is 9.40. The van der Waals surface area contributed by atoms with Gasteiger partial charge in [0.1, 0.15) is 22.9 Å². The van der Waals surface area contributed by atoms with E-state index in [1.165, 1.54) is 24.3 Å². The summed E-state index contributed by atoms with van der Waals surface area (Å²) in [5.41, 5.74) is 6.04. The molecule has 0 unspecified atom stereocenters. The maximum absolute atomic E-state index is 13.2. The molecule has 1 aromatic carbocycles. The first kappa shape index (κ1) is 13.7. The summed E-state index contributed by atoms with van der Waals surface area (Å²) in [6.45, 7) is 1.67. The average molecular weight is 274 g/mol. The highest BCUT2D eigenvalue weighted by molar-refractivity contribution is 6.09. The third kappa shape index (κ3) is 2.49. The van der Waals surface area contributed by atoms with Crippen molar-refractivity contribution in [3.63, 3.8) is 0 Å². The third-order valence-electron chi connectivity index (χ3n) is 2.83. The van der Waals surface area contributed by atoms with Crippen molar-refractivity contribution in [2.75, 3.05) is 5.73 Å². The summed E-state index contributed by atoms with van der Waals surface area (Å²) in [7, 11) is 0. The second-order valence-electron chi connectivity index (χ2n) is 4.22. The van der Waals surface area contributed by atoms with Gasteiger partial charge in [0.2, 0.25) is 5.78 Å². The van der Waals surface area contributed by atoms with E-state index in [4.69, 9.17) is 10.8 Å². The molecule has 0 aliphatic carbocycles. The number of benzene rings is 1. The van der Waals surface area contributed by atoms with Crippen molar-refractivity contribution < 1.29 is 19.1 Å². The number of aryl methyl sites for hydroxylation is 1. The predicted octanol–water partition coefficient (Wildman–Crippen LogP) is 2.04. The van der Waals surface area contributed by atoms with Crippen LogP contribution >= 0.6 is 0 Å². The number of anilines is 1. The summed E-state index contributed by atoms with van der Waals surface area (Å²) in [6.07, 6.45) is 0. The van der Waals surface area contributed by atoms with Crippen LogP contribution in [-0.4, -0.2) is 21.8 Å². The molecule has 0 saturated heterocycles. The molecule has 102 valence electrons. The van der Waals surface area contributed by atoms with Crippen LogP contribution in [0.25, 0.3) is 0 Å². The molecular formula is C14H11FN2O3. The number of halogens is 1. The molecule has 0 bridgehead atoms. The van der Waals surface area contributed by atoms with Crippen molar-refractivity contribution in [3.8, 4) is 0 Å². The predicted molar refractivity (Wildman–Crippen MR) is 70.2 cm³/mol. The van der Waals surface area contributed by atoms with Gasteiger partial charge in [-0.15, -0.1) is 0 Å². The molecule has 0 amide bonds. The number of aromatic carboxylic acids is 1. The molecule has 6 heteroatoms. The van der Waals surface area contributed by atoms with Crippen molar-refractivity contribution in [3.05, 3.63) is 58.5 Å². The third-order valence-corrected chi connectivity index (χ3v) is 2.83. The number of ketones is 1. The molecule has 1 heterocycles. The highest BCUT2D eigenvalue weighted by Gasteiger charge is 2.17. The molecule has 1 aromatic heterocycles. The number of nitrogens with two attached hydrogens (primary N) is 1. The Morgan fingerprint density at radius 3 is 2.50 bits per heavy atom. The smallest absolute Gasteiger partial charge is 0.339 e. The van der Waals surface area contributed by atoms with Gasteiger partial charge in [0.15, 0.2) is 0 Å². The summed E-state index contributed by atoms with van der Waals surface area (Å²) in [6, 6.07) is 6.30. The van der Waals surface area contributed by atoms with Crippen molar-refractivity contribution in [1.82, 2.24) is 4.98 Å². The molecule has 5 nitrogen and oxygen atoms in total. The van der Waals surface area contributed by atoms with Crippen molar-refractivity contribution in [1.29, 1.82) is 0 Å². The van der Waals surface area contributed by atoms with Crippen LogP contribution in [0.3, 0.4) is 0 Å². The summed E-state index contributed by atoms with van der Waals surface area (Å²) in [4.78, 5) is 26.8. The molecule has 0 saturated carbocycles. The molecule has 0 fully saturated rings. The van der Waals surface area contributed by atoms with Gasteiger partial charge >= 0.3 is 5.97 Å². The molecule has 0 spiro atoms. The fourth-order valence-corrected chi connectivity index (χ4v) is 1.76.